The number of aromatic nitrogens is 4. The Morgan fingerprint density at radius 1 is 1.05 bits per heavy atom. The largest absolute Gasteiger partial charge is 0.361 e. The normalized spacial score (nSPS) is 12.6. The van der Waals surface area contributed by atoms with Crippen LogP contribution in [-0.2, 0) is 0 Å². The molecule has 0 aliphatic heterocycles. The van der Waals surface area contributed by atoms with Crippen LogP contribution in [0, 0.1) is 0 Å². The summed E-state index contributed by atoms with van der Waals surface area (Å²) in [5.74, 6) is 0.842. The van der Waals surface area contributed by atoms with Crippen molar-refractivity contribution in [3.8, 4) is 0 Å². The second kappa shape index (κ2) is 4.92. The Morgan fingerprint density at radius 2 is 1.80 bits per heavy atom. The van der Waals surface area contributed by atoms with E-state index < -0.39 is 0 Å². The van der Waals surface area contributed by atoms with Crippen molar-refractivity contribution in [1.29, 1.82) is 0 Å². The molecule has 2 heterocycles. The number of nitrogens with zero attached hydrogens (tertiary/aromatic N) is 5. The summed E-state index contributed by atoms with van der Waals surface area (Å²) in [7, 11) is 3.92. The van der Waals surface area contributed by atoms with Crippen LogP contribution in [0.15, 0.2) is 43.0 Å². The molecule has 5 nitrogen and oxygen atoms in total. The molecule has 1 atom stereocenters. The SMILES string of the molecule is C[C@@H](c1ccccc1)n1cnc2c(N(C)C)ncnc21. The van der Waals surface area contributed by atoms with Gasteiger partial charge in [0.15, 0.2) is 17.0 Å². The smallest absolute Gasteiger partial charge is 0.165 e. The van der Waals surface area contributed by atoms with Crippen LogP contribution in [0.5, 0.6) is 0 Å². The summed E-state index contributed by atoms with van der Waals surface area (Å²) in [5, 5.41) is 0. The van der Waals surface area contributed by atoms with Gasteiger partial charge in [-0.3, -0.25) is 0 Å². The Bertz CT molecular complexity index is 717. The predicted octanol–water partition coefficient (Wildman–Crippen LogP) is 2.50. The molecule has 2 aromatic heterocycles. The number of imidazole rings is 1. The monoisotopic (exact) mass is 267 g/mol. The molecule has 0 bridgehead atoms. The summed E-state index contributed by atoms with van der Waals surface area (Å²) in [5.41, 5.74) is 2.93. The van der Waals surface area contributed by atoms with Gasteiger partial charge in [-0.2, -0.15) is 0 Å². The second-order valence-electron chi connectivity index (χ2n) is 5.00. The van der Waals surface area contributed by atoms with E-state index in [9.17, 15) is 0 Å². The van der Waals surface area contributed by atoms with E-state index in [-0.39, 0.29) is 6.04 Å². The third-order valence-corrected chi connectivity index (χ3v) is 3.46. The number of hydrogen-bond acceptors (Lipinski definition) is 4. The van der Waals surface area contributed by atoms with Gasteiger partial charge < -0.3 is 9.47 Å². The molecule has 0 saturated heterocycles. The minimum Gasteiger partial charge on any atom is -0.361 e. The molecule has 20 heavy (non-hydrogen) atoms. The highest BCUT2D eigenvalue weighted by Crippen LogP contribution is 2.25. The maximum Gasteiger partial charge on any atom is 0.165 e. The van der Waals surface area contributed by atoms with Gasteiger partial charge >= 0.3 is 0 Å². The number of benzene rings is 1. The van der Waals surface area contributed by atoms with Crippen molar-refractivity contribution in [3.63, 3.8) is 0 Å². The molecular formula is C15H17N5. The van der Waals surface area contributed by atoms with Crippen molar-refractivity contribution in [3.05, 3.63) is 48.5 Å². The van der Waals surface area contributed by atoms with Gasteiger partial charge in [-0.25, -0.2) is 15.0 Å². The highest BCUT2D eigenvalue weighted by Gasteiger charge is 2.15. The van der Waals surface area contributed by atoms with Crippen LogP contribution in [0.2, 0.25) is 0 Å². The van der Waals surface area contributed by atoms with Gasteiger partial charge in [0.25, 0.3) is 0 Å². The van der Waals surface area contributed by atoms with E-state index in [4.69, 9.17) is 0 Å². The van der Waals surface area contributed by atoms with E-state index in [2.05, 4.69) is 38.6 Å². The molecule has 102 valence electrons. The van der Waals surface area contributed by atoms with Gasteiger partial charge in [0.05, 0.1) is 12.4 Å². The first-order chi connectivity index (χ1) is 9.68. The standard InChI is InChI=1S/C15H17N5/c1-11(12-7-5-4-6-8-12)20-10-18-13-14(19(2)3)16-9-17-15(13)20/h4-11H,1-3H3/t11-/m0/s1. The molecule has 0 aliphatic carbocycles. The van der Waals surface area contributed by atoms with Gasteiger partial charge in [-0.15, -0.1) is 0 Å². The first-order valence-electron chi connectivity index (χ1n) is 6.58. The first kappa shape index (κ1) is 12.6. The van der Waals surface area contributed by atoms with Crippen LogP contribution in [0.1, 0.15) is 18.5 Å². The van der Waals surface area contributed by atoms with Crippen molar-refractivity contribution < 1.29 is 0 Å². The van der Waals surface area contributed by atoms with E-state index in [1.165, 1.54) is 5.56 Å². The Labute approximate surface area is 117 Å². The van der Waals surface area contributed by atoms with Gasteiger partial charge in [0.2, 0.25) is 0 Å². The zero-order valence-electron chi connectivity index (χ0n) is 11.9. The first-order valence-corrected chi connectivity index (χ1v) is 6.58. The lowest BCUT2D eigenvalue weighted by Gasteiger charge is -2.15. The van der Waals surface area contributed by atoms with E-state index in [0.29, 0.717) is 0 Å². The maximum absolute atomic E-state index is 4.48. The van der Waals surface area contributed by atoms with E-state index in [0.717, 1.165) is 17.0 Å². The highest BCUT2D eigenvalue weighted by molar-refractivity contribution is 5.83. The van der Waals surface area contributed by atoms with Crippen molar-refractivity contribution in [1.82, 2.24) is 19.5 Å². The molecular weight excluding hydrogens is 250 g/mol. The lowest BCUT2D eigenvalue weighted by atomic mass is 10.1. The summed E-state index contributed by atoms with van der Waals surface area (Å²) < 4.78 is 2.08. The molecule has 0 N–H and O–H groups in total. The van der Waals surface area contributed by atoms with Crippen molar-refractivity contribution in [2.24, 2.45) is 0 Å². The lowest BCUT2D eigenvalue weighted by Crippen LogP contribution is -2.12. The van der Waals surface area contributed by atoms with Gasteiger partial charge in [-0.1, -0.05) is 30.3 Å². The number of anilines is 1. The molecule has 0 spiro atoms. The Morgan fingerprint density at radius 3 is 2.50 bits per heavy atom. The minimum absolute atomic E-state index is 0.186. The Kier molecular flexibility index (Phi) is 3.10. The maximum atomic E-state index is 4.48. The van der Waals surface area contributed by atoms with Crippen molar-refractivity contribution in [2.75, 3.05) is 19.0 Å². The zero-order chi connectivity index (χ0) is 14.1. The quantitative estimate of drug-likeness (QED) is 0.731. The fourth-order valence-electron chi connectivity index (χ4n) is 2.34. The molecule has 0 amide bonds. The third kappa shape index (κ3) is 2.01. The van der Waals surface area contributed by atoms with E-state index >= 15 is 0 Å². The zero-order valence-corrected chi connectivity index (χ0v) is 11.9. The van der Waals surface area contributed by atoms with Crippen LogP contribution in [0.3, 0.4) is 0 Å². The Balaban J connectivity index is 2.12. The fraction of sp³-hybridized carbons (Fsp3) is 0.267. The van der Waals surface area contributed by atoms with Crippen LogP contribution >= 0.6 is 0 Å². The average Bonchev–Trinajstić information content (AvgIpc) is 2.91. The molecule has 0 fully saturated rings. The average molecular weight is 267 g/mol. The summed E-state index contributed by atoms with van der Waals surface area (Å²) in [6.45, 7) is 2.15. The second-order valence-corrected chi connectivity index (χ2v) is 5.00. The molecule has 5 heteroatoms. The van der Waals surface area contributed by atoms with Gasteiger partial charge in [0.1, 0.15) is 6.33 Å². The molecule has 3 rings (SSSR count). The Hall–Kier alpha value is -2.43. The van der Waals surface area contributed by atoms with Crippen molar-refractivity contribution in [2.45, 2.75) is 13.0 Å². The summed E-state index contributed by atoms with van der Waals surface area (Å²) >= 11 is 0. The van der Waals surface area contributed by atoms with Crippen molar-refractivity contribution >= 4 is 17.0 Å². The summed E-state index contributed by atoms with van der Waals surface area (Å²) in [6.07, 6.45) is 3.43. The molecule has 0 saturated carbocycles. The predicted molar refractivity (Wildman–Crippen MR) is 79.9 cm³/mol. The van der Waals surface area contributed by atoms with Crippen LogP contribution in [0.25, 0.3) is 11.2 Å². The fourth-order valence-corrected chi connectivity index (χ4v) is 2.34. The van der Waals surface area contributed by atoms with Gasteiger partial charge in [-0.05, 0) is 12.5 Å². The third-order valence-electron chi connectivity index (χ3n) is 3.46. The number of fused-ring (bicyclic) bond motifs is 1. The van der Waals surface area contributed by atoms with Crippen LogP contribution in [0.4, 0.5) is 5.82 Å². The minimum atomic E-state index is 0.186. The lowest BCUT2D eigenvalue weighted by molar-refractivity contribution is 0.652. The summed E-state index contributed by atoms with van der Waals surface area (Å²) in [6, 6.07) is 10.5. The molecule has 1 aromatic carbocycles. The molecule has 3 aromatic rings. The van der Waals surface area contributed by atoms with Gasteiger partial charge in [0, 0.05) is 14.1 Å². The number of rotatable bonds is 3. The van der Waals surface area contributed by atoms with Crippen LogP contribution in [-0.4, -0.2) is 33.6 Å². The van der Waals surface area contributed by atoms with E-state index in [1.54, 1.807) is 6.33 Å². The highest BCUT2D eigenvalue weighted by atomic mass is 15.2. The van der Waals surface area contributed by atoms with Crippen LogP contribution < -0.4 is 4.90 Å². The number of hydrogen-bond donors (Lipinski definition) is 0. The molecule has 0 unspecified atom stereocenters. The van der Waals surface area contributed by atoms with E-state index in [1.807, 2.05) is 43.5 Å². The molecule has 0 aliphatic rings. The molecule has 0 radical (unpaired) electrons. The topological polar surface area (TPSA) is 46.8 Å². The summed E-state index contributed by atoms with van der Waals surface area (Å²) in [4.78, 5) is 15.1.